The number of aromatic nitrogens is 2. The first-order valence-electron chi connectivity index (χ1n) is 6.35. The molecule has 0 atom stereocenters. The molecular formula is C14H15Cl2N3. The smallest absolute Gasteiger partial charge is 0.0951 e. The molecule has 0 saturated heterocycles. The van der Waals surface area contributed by atoms with E-state index in [1.807, 2.05) is 31.6 Å². The summed E-state index contributed by atoms with van der Waals surface area (Å²) in [6.07, 6.45) is 6.30. The molecule has 1 fully saturated rings. The second-order valence-corrected chi connectivity index (χ2v) is 5.77. The van der Waals surface area contributed by atoms with Gasteiger partial charge >= 0.3 is 0 Å². The molecule has 1 aliphatic rings. The summed E-state index contributed by atoms with van der Waals surface area (Å²) in [6, 6.07) is 4.39. The minimum atomic E-state index is 0.636. The molecule has 1 aliphatic carbocycles. The third kappa shape index (κ3) is 2.72. The zero-order valence-corrected chi connectivity index (χ0v) is 12.2. The van der Waals surface area contributed by atoms with Gasteiger partial charge in [-0.25, -0.2) is 4.98 Å². The van der Waals surface area contributed by atoms with E-state index >= 15 is 0 Å². The van der Waals surface area contributed by atoms with Crippen LogP contribution >= 0.6 is 23.2 Å². The number of hydrogen-bond acceptors (Lipinski definition) is 2. The van der Waals surface area contributed by atoms with Crippen LogP contribution in [-0.4, -0.2) is 9.55 Å². The van der Waals surface area contributed by atoms with Crippen molar-refractivity contribution in [2.24, 2.45) is 0 Å². The first kappa shape index (κ1) is 12.8. The molecule has 3 nitrogen and oxygen atoms in total. The van der Waals surface area contributed by atoms with Crippen LogP contribution in [0, 0.1) is 6.92 Å². The highest BCUT2D eigenvalue weighted by Gasteiger charge is 2.25. The van der Waals surface area contributed by atoms with Crippen molar-refractivity contribution in [3.63, 3.8) is 0 Å². The highest BCUT2D eigenvalue weighted by molar-refractivity contribution is 6.35. The van der Waals surface area contributed by atoms with E-state index < -0.39 is 0 Å². The van der Waals surface area contributed by atoms with Gasteiger partial charge in [0.15, 0.2) is 0 Å². The van der Waals surface area contributed by atoms with E-state index in [1.165, 1.54) is 18.5 Å². The van der Waals surface area contributed by atoms with Crippen LogP contribution in [0.2, 0.25) is 10.0 Å². The van der Waals surface area contributed by atoms with Crippen LogP contribution < -0.4 is 5.32 Å². The first-order valence-corrected chi connectivity index (χ1v) is 7.11. The predicted molar refractivity (Wildman–Crippen MR) is 79.0 cm³/mol. The molecule has 0 amide bonds. The van der Waals surface area contributed by atoms with E-state index in [9.17, 15) is 0 Å². The van der Waals surface area contributed by atoms with Gasteiger partial charge in [0.25, 0.3) is 0 Å². The summed E-state index contributed by atoms with van der Waals surface area (Å²) in [5, 5.41) is 4.75. The van der Waals surface area contributed by atoms with Crippen molar-refractivity contribution < 1.29 is 0 Å². The third-order valence-corrected chi connectivity index (χ3v) is 4.11. The molecule has 0 radical (unpaired) electrons. The second-order valence-electron chi connectivity index (χ2n) is 4.96. The first-order chi connectivity index (χ1) is 9.15. The average Bonchev–Trinajstić information content (AvgIpc) is 3.12. The number of anilines is 1. The van der Waals surface area contributed by atoms with Crippen molar-refractivity contribution in [2.45, 2.75) is 32.4 Å². The molecule has 1 N–H and O–H groups in total. The Bertz CT molecular complexity index is 603. The molecule has 0 bridgehead atoms. The quantitative estimate of drug-likeness (QED) is 0.903. The number of aryl methyl sites for hydroxylation is 1. The van der Waals surface area contributed by atoms with Gasteiger partial charge in [-0.1, -0.05) is 23.2 Å². The van der Waals surface area contributed by atoms with Crippen molar-refractivity contribution >= 4 is 28.9 Å². The van der Waals surface area contributed by atoms with Crippen LogP contribution in [0.4, 0.5) is 5.69 Å². The minimum Gasteiger partial charge on any atom is -0.378 e. The number of nitrogens with zero attached hydrogens (tertiary/aromatic N) is 2. The number of hydrogen-bond donors (Lipinski definition) is 1. The number of nitrogens with one attached hydrogen (secondary N) is 1. The normalized spacial score (nSPS) is 14.7. The summed E-state index contributed by atoms with van der Waals surface area (Å²) < 4.78 is 2.23. The maximum atomic E-state index is 6.21. The van der Waals surface area contributed by atoms with Gasteiger partial charge < -0.3 is 9.88 Å². The van der Waals surface area contributed by atoms with Crippen molar-refractivity contribution in [2.75, 3.05) is 5.32 Å². The molecule has 0 aliphatic heterocycles. The average molecular weight is 296 g/mol. The van der Waals surface area contributed by atoms with Crippen LogP contribution in [0.15, 0.2) is 24.7 Å². The van der Waals surface area contributed by atoms with Crippen molar-refractivity contribution in [3.8, 4) is 0 Å². The zero-order valence-electron chi connectivity index (χ0n) is 10.7. The Morgan fingerprint density at radius 1 is 1.32 bits per heavy atom. The van der Waals surface area contributed by atoms with Crippen LogP contribution in [0.5, 0.6) is 0 Å². The van der Waals surface area contributed by atoms with E-state index in [0.29, 0.717) is 17.6 Å². The van der Waals surface area contributed by atoms with Crippen LogP contribution in [0.1, 0.15) is 30.1 Å². The molecule has 0 spiro atoms. The topological polar surface area (TPSA) is 29.9 Å². The molecule has 5 heteroatoms. The largest absolute Gasteiger partial charge is 0.378 e. The summed E-state index contributed by atoms with van der Waals surface area (Å²) in [7, 11) is 0. The lowest BCUT2D eigenvalue weighted by molar-refractivity contribution is 0.701. The molecule has 1 aromatic heterocycles. The fourth-order valence-electron chi connectivity index (χ4n) is 2.12. The Labute approximate surface area is 122 Å². The van der Waals surface area contributed by atoms with E-state index in [2.05, 4.69) is 14.9 Å². The molecular weight excluding hydrogens is 281 g/mol. The summed E-state index contributed by atoms with van der Waals surface area (Å²) in [6.45, 7) is 2.65. The van der Waals surface area contributed by atoms with Crippen molar-refractivity contribution in [3.05, 3.63) is 46.0 Å². The van der Waals surface area contributed by atoms with Gasteiger partial charge in [-0.05, 0) is 37.5 Å². The molecule has 100 valence electrons. The van der Waals surface area contributed by atoms with Crippen molar-refractivity contribution in [1.29, 1.82) is 0 Å². The number of imidazole rings is 1. The monoisotopic (exact) mass is 295 g/mol. The van der Waals surface area contributed by atoms with Gasteiger partial charge in [-0.2, -0.15) is 0 Å². The maximum Gasteiger partial charge on any atom is 0.0951 e. The second kappa shape index (κ2) is 5.06. The van der Waals surface area contributed by atoms with Crippen molar-refractivity contribution in [1.82, 2.24) is 9.55 Å². The maximum absolute atomic E-state index is 6.21. The standard InChI is InChI=1S/C14H15Cl2N3/c1-9-4-13(16)14(5-12(9)15)18-7-11-6-17-8-19(11)10-2-3-10/h4-6,8,10,18H,2-3,7H2,1H3. The van der Waals surface area contributed by atoms with Crippen LogP contribution in [0.3, 0.4) is 0 Å². The van der Waals surface area contributed by atoms with Gasteiger partial charge in [0.1, 0.15) is 0 Å². The molecule has 19 heavy (non-hydrogen) atoms. The Morgan fingerprint density at radius 3 is 2.84 bits per heavy atom. The summed E-state index contributed by atoms with van der Waals surface area (Å²) in [5.74, 6) is 0. The number of benzene rings is 1. The zero-order chi connectivity index (χ0) is 13.4. The summed E-state index contributed by atoms with van der Waals surface area (Å²) in [5.41, 5.74) is 3.02. The SMILES string of the molecule is Cc1cc(Cl)c(NCc2cncn2C2CC2)cc1Cl. The Hall–Kier alpha value is -1.19. The molecule has 2 aromatic rings. The molecule has 3 rings (SSSR count). The van der Waals surface area contributed by atoms with E-state index in [1.54, 1.807) is 0 Å². The minimum absolute atomic E-state index is 0.636. The molecule has 1 heterocycles. The van der Waals surface area contributed by atoms with E-state index in [0.717, 1.165) is 16.3 Å². The van der Waals surface area contributed by atoms with Crippen LogP contribution in [0.25, 0.3) is 0 Å². The summed E-state index contributed by atoms with van der Waals surface area (Å²) in [4.78, 5) is 4.21. The van der Waals surface area contributed by atoms with Crippen LogP contribution in [-0.2, 0) is 6.54 Å². The molecule has 1 saturated carbocycles. The lowest BCUT2D eigenvalue weighted by Gasteiger charge is -2.12. The number of halogens is 2. The van der Waals surface area contributed by atoms with Gasteiger partial charge in [0, 0.05) is 17.3 Å². The lowest BCUT2D eigenvalue weighted by Crippen LogP contribution is -2.06. The molecule has 1 aromatic carbocycles. The van der Waals surface area contributed by atoms with Gasteiger partial charge in [0.2, 0.25) is 0 Å². The predicted octanol–water partition coefficient (Wildman–Crippen LogP) is 4.45. The fraction of sp³-hybridized carbons (Fsp3) is 0.357. The van der Waals surface area contributed by atoms with Gasteiger partial charge in [0.05, 0.1) is 29.3 Å². The van der Waals surface area contributed by atoms with Gasteiger partial charge in [-0.15, -0.1) is 0 Å². The molecule has 0 unspecified atom stereocenters. The van der Waals surface area contributed by atoms with Gasteiger partial charge in [-0.3, -0.25) is 0 Å². The third-order valence-electron chi connectivity index (χ3n) is 3.39. The highest BCUT2D eigenvalue weighted by Crippen LogP contribution is 2.36. The van der Waals surface area contributed by atoms with E-state index in [-0.39, 0.29) is 0 Å². The Balaban J connectivity index is 1.75. The Morgan fingerprint density at radius 2 is 2.11 bits per heavy atom. The summed E-state index contributed by atoms with van der Waals surface area (Å²) >= 11 is 12.3. The lowest BCUT2D eigenvalue weighted by atomic mass is 10.2. The highest BCUT2D eigenvalue weighted by atomic mass is 35.5. The fourth-order valence-corrected chi connectivity index (χ4v) is 2.57. The number of rotatable bonds is 4. The van der Waals surface area contributed by atoms with E-state index in [4.69, 9.17) is 23.2 Å². The Kier molecular flexibility index (Phi) is 3.42.